The summed E-state index contributed by atoms with van der Waals surface area (Å²) in [7, 11) is 1.13. The summed E-state index contributed by atoms with van der Waals surface area (Å²) in [6.07, 6.45) is -1.36. The van der Waals surface area contributed by atoms with E-state index < -0.39 is 42.4 Å². The van der Waals surface area contributed by atoms with Crippen LogP contribution in [0.1, 0.15) is 36.8 Å². The molecule has 0 radical (unpaired) electrons. The first-order valence-electron chi connectivity index (χ1n) is 10.5. The highest BCUT2D eigenvalue weighted by Gasteiger charge is 2.29. The molecule has 1 unspecified atom stereocenters. The van der Waals surface area contributed by atoms with Crippen molar-refractivity contribution in [2.45, 2.75) is 37.8 Å². The van der Waals surface area contributed by atoms with Gasteiger partial charge >= 0.3 is 18.0 Å². The van der Waals surface area contributed by atoms with Crippen molar-refractivity contribution in [2.24, 2.45) is 0 Å². The number of alkyl carbamates (subject to hydrolysis) is 1. The van der Waals surface area contributed by atoms with Gasteiger partial charge in [-0.25, -0.2) is 9.59 Å². The lowest BCUT2D eigenvalue weighted by atomic mass is 9.98. The molecule has 0 aliphatic heterocycles. The zero-order valence-corrected chi connectivity index (χ0v) is 18.4. The summed E-state index contributed by atoms with van der Waals surface area (Å²) < 4.78 is 9.87. The Bertz CT molecular complexity index is 1010. The fraction of sp³-hybridized carbons (Fsp3) is 0.333. The van der Waals surface area contributed by atoms with Crippen LogP contribution in [0.15, 0.2) is 48.5 Å². The molecule has 9 nitrogen and oxygen atoms in total. The van der Waals surface area contributed by atoms with Crippen LogP contribution < -0.4 is 10.6 Å². The number of carboxylic acids is 1. The quantitative estimate of drug-likeness (QED) is 0.496. The van der Waals surface area contributed by atoms with Gasteiger partial charge in [-0.15, -0.1) is 0 Å². The Labute approximate surface area is 191 Å². The molecule has 1 aliphatic rings. The molecule has 0 spiro atoms. The van der Waals surface area contributed by atoms with E-state index in [2.05, 4.69) is 15.4 Å². The van der Waals surface area contributed by atoms with E-state index >= 15 is 0 Å². The number of nitrogens with one attached hydrogen (secondary N) is 2. The Hall–Kier alpha value is -3.88. The normalized spacial score (nSPS) is 13.8. The number of esters is 1. The summed E-state index contributed by atoms with van der Waals surface area (Å²) in [6.45, 7) is 1.73. The third-order valence-corrected chi connectivity index (χ3v) is 5.43. The van der Waals surface area contributed by atoms with Crippen LogP contribution in [0.4, 0.5) is 4.79 Å². The van der Waals surface area contributed by atoms with Gasteiger partial charge in [0.05, 0.1) is 13.5 Å². The molecule has 1 aliphatic carbocycles. The molecule has 0 fully saturated rings. The Morgan fingerprint density at radius 2 is 1.52 bits per heavy atom. The molecule has 2 aromatic carbocycles. The van der Waals surface area contributed by atoms with Crippen LogP contribution in [0.3, 0.4) is 0 Å². The highest BCUT2D eigenvalue weighted by molar-refractivity contribution is 5.87. The summed E-state index contributed by atoms with van der Waals surface area (Å²) in [5, 5.41) is 14.0. The standard InChI is InChI=1S/C24H26N2O7/c1-14(11-21(27)26-20(23(29)30)12-22(28)32-2)25-24(31)33-13-19-17-9-5-3-7-15(17)16-8-4-6-10-18(16)19/h3-10,14,19-20H,11-13H2,1-2H3,(H,25,31)(H,26,27)(H,29,30)/t14?,20-/m0/s1. The van der Waals surface area contributed by atoms with Crippen molar-refractivity contribution in [1.29, 1.82) is 0 Å². The number of aliphatic carboxylic acids is 1. The highest BCUT2D eigenvalue weighted by Crippen LogP contribution is 2.44. The summed E-state index contributed by atoms with van der Waals surface area (Å²) in [4.78, 5) is 47.0. The van der Waals surface area contributed by atoms with Crippen LogP contribution in [0.5, 0.6) is 0 Å². The van der Waals surface area contributed by atoms with Crippen molar-refractivity contribution < 1.29 is 33.8 Å². The smallest absolute Gasteiger partial charge is 0.407 e. The number of rotatable bonds is 9. The zero-order chi connectivity index (χ0) is 24.0. The van der Waals surface area contributed by atoms with E-state index in [-0.39, 0.29) is 18.9 Å². The third kappa shape index (κ3) is 5.88. The minimum absolute atomic E-state index is 0.0867. The minimum atomic E-state index is -1.41. The monoisotopic (exact) mass is 454 g/mol. The van der Waals surface area contributed by atoms with E-state index in [1.807, 2.05) is 48.5 Å². The number of carboxylic acid groups (broad SMARTS) is 1. The molecule has 3 N–H and O–H groups in total. The van der Waals surface area contributed by atoms with E-state index in [0.29, 0.717) is 0 Å². The maximum absolute atomic E-state index is 12.3. The van der Waals surface area contributed by atoms with Gasteiger partial charge in [0, 0.05) is 18.4 Å². The number of fused-ring (bicyclic) bond motifs is 3. The van der Waals surface area contributed by atoms with E-state index in [1.165, 1.54) is 0 Å². The second-order valence-corrected chi connectivity index (χ2v) is 7.81. The fourth-order valence-corrected chi connectivity index (χ4v) is 3.87. The van der Waals surface area contributed by atoms with Gasteiger partial charge in [0.1, 0.15) is 12.6 Å². The van der Waals surface area contributed by atoms with Gasteiger partial charge in [-0.1, -0.05) is 48.5 Å². The van der Waals surface area contributed by atoms with Gasteiger partial charge in [-0.2, -0.15) is 0 Å². The molecule has 2 amide bonds. The van der Waals surface area contributed by atoms with Gasteiger partial charge < -0.3 is 25.2 Å². The minimum Gasteiger partial charge on any atom is -0.480 e. The van der Waals surface area contributed by atoms with E-state index in [0.717, 1.165) is 29.4 Å². The molecule has 0 saturated heterocycles. The lowest BCUT2D eigenvalue weighted by molar-refractivity contribution is -0.148. The number of carbonyl (C=O) groups excluding carboxylic acids is 3. The highest BCUT2D eigenvalue weighted by atomic mass is 16.5. The van der Waals surface area contributed by atoms with Crippen LogP contribution in [0, 0.1) is 0 Å². The maximum Gasteiger partial charge on any atom is 0.407 e. The summed E-state index contributed by atoms with van der Waals surface area (Å²) in [6, 6.07) is 13.9. The predicted molar refractivity (Wildman–Crippen MR) is 118 cm³/mol. The Balaban J connectivity index is 1.51. The molecule has 9 heteroatoms. The number of amides is 2. The Morgan fingerprint density at radius 3 is 2.06 bits per heavy atom. The average Bonchev–Trinajstić information content (AvgIpc) is 3.10. The number of hydrogen-bond donors (Lipinski definition) is 3. The Morgan fingerprint density at radius 1 is 0.939 bits per heavy atom. The number of methoxy groups -OCH3 is 1. The molecule has 0 saturated carbocycles. The van der Waals surface area contributed by atoms with E-state index in [1.54, 1.807) is 6.92 Å². The van der Waals surface area contributed by atoms with Crippen molar-refractivity contribution >= 4 is 23.9 Å². The van der Waals surface area contributed by atoms with E-state index in [4.69, 9.17) is 9.84 Å². The SMILES string of the molecule is COC(=O)C[C@H](NC(=O)CC(C)NC(=O)OCC1c2ccccc2-c2ccccc21)C(=O)O. The number of carbonyl (C=O) groups is 4. The van der Waals surface area contributed by atoms with Gasteiger partial charge in [0.15, 0.2) is 0 Å². The van der Waals surface area contributed by atoms with Crippen molar-refractivity contribution in [2.75, 3.05) is 13.7 Å². The fourth-order valence-electron chi connectivity index (χ4n) is 3.87. The van der Waals surface area contributed by atoms with Crippen molar-refractivity contribution in [3.05, 3.63) is 59.7 Å². The first-order valence-corrected chi connectivity index (χ1v) is 10.5. The zero-order valence-electron chi connectivity index (χ0n) is 18.4. The molecule has 3 rings (SSSR count). The molecule has 33 heavy (non-hydrogen) atoms. The maximum atomic E-state index is 12.3. The molecule has 0 heterocycles. The molecule has 0 bridgehead atoms. The van der Waals surface area contributed by atoms with Gasteiger partial charge in [-0.3, -0.25) is 9.59 Å². The second kappa shape index (κ2) is 10.6. The van der Waals surface area contributed by atoms with Crippen molar-refractivity contribution in [1.82, 2.24) is 10.6 Å². The summed E-state index contributed by atoms with van der Waals surface area (Å²) in [5.41, 5.74) is 4.41. The number of hydrogen-bond acceptors (Lipinski definition) is 6. The lowest BCUT2D eigenvalue weighted by Crippen LogP contribution is -2.45. The van der Waals surface area contributed by atoms with Crippen LogP contribution in [0.25, 0.3) is 11.1 Å². The van der Waals surface area contributed by atoms with E-state index in [9.17, 15) is 19.2 Å². The van der Waals surface area contributed by atoms with Gasteiger partial charge in [-0.05, 0) is 29.2 Å². The molecular formula is C24H26N2O7. The molecule has 2 aromatic rings. The van der Waals surface area contributed by atoms with Crippen molar-refractivity contribution in [3.63, 3.8) is 0 Å². The topological polar surface area (TPSA) is 131 Å². The van der Waals surface area contributed by atoms with Gasteiger partial charge in [0.25, 0.3) is 0 Å². The molecular weight excluding hydrogens is 428 g/mol. The number of benzene rings is 2. The third-order valence-electron chi connectivity index (χ3n) is 5.43. The first-order chi connectivity index (χ1) is 15.8. The predicted octanol–water partition coefficient (Wildman–Crippen LogP) is 2.44. The first kappa shape index (κ1) is 23.8. The Kier molecular flexibility index (Phi) is 7.66. The lowest BCUT2D eigenvalue weighted by Gasteiger charge is -2.18. The second-order valence-electron chi connectivity index (χ2n) is 7.81. The van der Waals surface area contributed by atoms with Crippen LogP contribution in [-0.4, -0.2) is 54.8 Å². The average molecular weight is 454 g/mol. The summed E-state index contributed by atoms with van der Waals surface area (Å²) >= 11 is 0. The molecule has 174 valence electrons. The van der Waals surface area contributed by atoms with Crippen LogP contribution in [0.2, 0.25) is 0 Å². The molecule has 2 atom stereocenters. The van der Waals surface area contributed by atoms with Gasteiger partial charge in [0.2, 0.25) is 5.91 Å². The largest absolute Gasteiger partial charge is 0.480 e. The van der Waals surface area contributed by atoms with Crippen molar-refractivity contribution in [3.8, 4) is 11.1 Å². The van der Waals surface area contributed by atoms with Crippen LogP contribution >= 0.6 is 0 Å². The van der Waals surface area contributed by atoms with Crippen LogP contribution in [-0.2, 0) is 23.9 Å². The number of ether oxygens (including phenoxy) is 2. The summed E-state index contributed by atoms with van der Waals surface area (Å²) in [5.74, 6) is -2.83. The molecule has 0 aromatic heterocycles.